The fourth-order valence-electron chi connectivity index (χ4n) is 4.67. The van der Waals surface area contributed by atoms with Crippen molar-refractivity contribution in [2.45, 2.75) is 30.9 Å². The molecule has 36 heavy (non-hydrogen) atoms. The molecule has 1 heterocycles. The Bertz CT molecular complexity index is 1280. The third kappa shape index (κ3) is 4.84. The van der Waals surface area contributed by atoms with Crippen LogP contribution in [0.1, 0.15) is 29.0 Å². The maximum atomic E-state index is 12.9. The van der Waals surface area contributed by atoms with Crippen molar-refractivity contribution in [1.29, 1.82) is 0 Å². The number of hydrogen-bond acceptors (Lipinski definition) is 6. The standard InChI is InChI=1S/C28H24N2O6/c31-25-15-24(26(32)30-25)36-27(33)23(14-17-8-2-1-3-9-17)29-28(34)35-16-22-20-12-6-4-10-18(20)19-11-5-7-13-21(19)22/h1-13,22-24H,14-16H2,(H,29,34)(H,30,31,32)/t23-,24-/m0/s1. The molecule has 2 atom stereocenters. The molecule has 0 saturated carbocycles. The van der Waals surface area contributed by atoms with Gasteiger partial charge >= 0.3 is 12.1 Å². The normalized spacial score (nSPS) is 17.1. The Labute approximate surface area is 207 Å². The van der Waals surface area contributed by atoms with Crippen LogP contribution in [0.15, 0.2) is 78.9 Å². The molecule has 3 aromatic carbocycles. The Balaban J connectivity index is 1.28. The van der Waals surface area contributed by atoms with Gasteiger partial charge < -0.3 is 14.8 Å². The van der Waals surface area contributed by atoms with Crippen LogP contribution in [0.5, 0.6) is 0 Å². The Hall–Kier alpha value is -4.46. The largest absolute Gasteiger partial charge is 0.450 e. The molecule has 1 aliphatic carbocycles. The van der Waals surface area contributed by atoms with E-state index < -0.39 is 36.0 Å². The van der Waals surface area contributed by atoms with Crippen molar-refractivity contribution >= 4 is 23.9 Å². The van der Waals surface area contributed by atoms with Gasteiger partial charge in [-0.1, -0.05) is 78.9 Å². The molecule has 3 amide bonds. The van der Waals surface area contributed by atoms with Gasteiger partial charge in [0.25, 0.3) is 5.91 Å². The number of amides is 3. The van der Waals surface area contributed by atoms with Crippen LogP contribution in [-0.4, -0.2) is 42.6 Å². The summed E-state index contributed by atoms with van der Waals surface area (Å²) in [6, 6.07) is 24.0. The highest BCUT2D eigenvalue weighted by Gasteiger charge is 2.36. The van der Waals surface area contributed by atoms with E-state index in [0.29, 0.717) is 0 Å². The molecule has 8 heteroatoms. The summed E-state index contributed by atoms with van der Waals surface area (Å²) < 4.78 is 10.8. The SMILES string of the molecule is O=C1C[C@H](OC(=O)[C@H](Cc2ccccc2)NC(=O)OCC2c3ccccc3-c3ccccc32)C(=O)N1. The number of carbonyl (C=O) groups excluding carboxylic acids is 4. The molecule has 182 valence electrons. The highest BCUT2D eigenvalue weighted by atomic mass is 16.6. The third-order valence-corrected chi connectivity index (χ3v) is 6.39. The third-order valence-electron chi connectivity index (χ3n) is 6.39. The Morgan fingerprint density at radius 2 is 1.50 bits per heavy atom. The van der Waals surface area contributed by atoms with Crippen LogP contribution in [0.3, 0.4) is 0 Å². The molecule has 1 aliphatic heterocycles. The van der Waals surface area contributed by atoms with Gasteiger partial charge in [-0.3, -0.25) is 14.9 Å². The van der Waals surface area contributed by atoms with Crippen LogP contribution >= 0.6 is 0 Å². The molecule has 2 N–H and O–H groups in total. The lowest BCUT2D eigenvalue weighted by Gasteiger charge is -2.20. The minimum atomic E-state index is -1.22. The van der Waals surface area contributed by atoms with Gasteiger partial charge in [0, 0.05) is 12.3 Å². The molecule has 0 radical (unpaired) electrons. The topological polar surface area (TPSA) is 111 Å². The number of nitrogens with one attached hydrogen (secondary N) is 2. The molecule has 0 aromatic heterocycles. The van der Waals surface area contributed by atoms with Crippen molar-refractivity contribution in [3.05, 3.63) is 95.6 Å². The second-order valence-electron chi connectivity index (χ2n) is 8.75. The lowest BCUT2D eigenvalue weighted by atomic mass is 9.98. The second kappa shape index (κ2) is 10.0. The first-order valence-corrected chi connectivity index (χ1v) is 11.7. The minimum absolute atomic E-state index is 0.0898. The molecule has 0 spiro atoms. The number of rotatable bonds is 7. The van der Waals surface area contributed by atoms with Gasteiger partial charge in [0.2, 0.25) is 5.91 Å². The van der Waals surface area contributed by atoms with E-state index in [1.54, 1.807) is 0 Å². The molecular formula is C28H24N2O6. The number of fused-ring (bicyclic) bond motifs is 3. The average Bonchev–Trinajstić information content (AvgIpc) is 3.38. The fraction of sp³-hybridized carbons (Fsp3) is 0.214. The highest BCUT2D eigenvalue weighted by Crippen LogP contribution is 2.44. The van der Waals surface area contributed by atoms with Crippen LogP contribution < -0.4 is 10.6 Å². The summed E-state index contributed by atoms with van der Waals surface area (Å²) >= 11 is 0. The van der Waals surface area contributed by atoms with Crippen molar-refractivity contribution in [2.75, 3.05) is 6.61 Å². The van der Waals surface area contributed by atoms with Gasteiger partial charge in [-0.2, -0.15) is 0 Å². The quantitative estimate of drug-likeness (QED) is 0.394. The Kier molecular flexibility index (Phi) is 6.49. The monoisotopic (exact) mass is 484 g/mol. The zero-order valence-corrected chi connectivity index (χ0v) is 19.3. The van der Waals surface area contributed by atoms with Crippen LogP contribution in [0.2, 0.25) is 0 Å². The molecule has 8 nitrogen and oxygen atoms in total. The zero-order valence-electron chi connectivity index (χ0n) is 19.3. The summed E-state index contributed by atoms with van der Waals surface area (Å²) in [5, 5.41) is 4.69. The summed E-state index contributed by atoms with van der Waals surface area (Å²) in [5.74, 6) is -2.13. The predicted octanol–water partition coefficient (Wildman–Crippen LogP) is 3.09. The van der Waals surface area contributed by atoms with Crippen LogP contribution in [0.4, 0.5) is 4.79 Å². The van der Waals surface area contributed by atoms with Gasteiger partial charge in [0.15, 0.2) is 6.10 Å². The lowest BCUT2D eigenvalue weighted by Crippen LogP contribution is -2.45. The molecule has 0 unspecified atom stereocenters. The van der Waals surface area contributed by atoms with E-state index in [4.69, 9.17) is 9.47 Å². The number of alkyl carbamates (subject to hydrolysis) is 1. The number of esters is 1. The van der Waals surface area contributed by atoms with E-state index in [9.17, 15) is 19.2 Å². The van der Waals surface area contributed by atoms with Crippen molar-refractivity contribution < 1.29 is 28.7 Å². The number of hydrogen-bond donors (Lipinski definition) is 2. The fourth-order valence-corrected chi connectivity index (χ4v) is 4.67. The second-order valence-corrected chi connectivity index (χ2v) is 8.75. The molecular weight excluding hydrogens is 460 g/mol. The minimum Gasteiger partial charge on any atom is -0.450 e. The van der Waals surface area contributed by atoms with Gasteiger partial charge in [-0.05, 0) is 27.8 Å². The molecule has 0 bridgehead atoms. The summed E-state index contributed by atoms with van der Waals surface area (Å²) in [6.07, 6.45) is -2.10. The first-order chi connectivity index (χ1) is 17.5. The smallest absolute Gasteiger partial charge is 0.407 e. The van der Waals surface area contributed by atoms with Gasteiger partial charge in [-0.25, -0.2) is 9.59 Å². The van der Waals surface area contributed by atoms with E-state index >= 15 is 0 Å². The average molecular weight is 485 g/mol. The number of imide groups is 1. The van der Waals surface area contributed by atoms with Gasteiger partial charge in [0.05, 0.1) is 6.42 Å². The van der Waals surface area contributed by atoms with Crippen molar-refractivity contribution in [3.63, 3.8) is 0 Å². The van der Waals surface area contributed by atoms with Crippen molar-refractivity contribution in [1.82, 2.24) is 10.6 Å². The van der Waals surface area contributed by atoms with Crippen LogP contribution in [-0.2, 0) is 30.3 Å². The number of carbonyl (C=O) groups is 4. The summed E-state index contributed by atoms with van der Waals surface area (Å²) in [5.41, 5.74) is 5.15. The van der Waals surface area contributed by atoms with Gasteiger partial charge in [0.1, 0.15) is 12.6 Å². The van der Waals surface area contributed by atoms with E-state index in [1.807, 2.05) is 78.9 Å². The maximum Gasteiger partial charge on any atom is 0.407 e. The zero-order chi connectivity index (χ0) is 25.1. The number of benzene rings is 3. The van der Waals surface area contributed by atoms with Crippen LogP contribution in [0.25, 0.3) is 11.1 Å². The van der Waals surface area contributed by atoms with Crippen molar-refractivity contribution in [3.8, 4) is 11.1 Å². The summed E-state index contributed by atoms with van der Waals surface area (Å²) in [4.78, 5) is 49.0. The van der Waals surface area contributed by atoms with E-state index in [1.165, 1.54) is 0 Å². The summed E-state index contributed by atoms with van der Waals surface area (Å²) in [7, 11) is 0. The Morgan fingerprint density at radius 3 is 2.11 bits per heavy atom. The lowest BCUT2D eigenvalue weighted by molar-refractivity contribution is -0.155. The van der Waals surface area contributed by atoms with E-state index in [2.05, 4.69) is 10.6 Å². The number of ether oxygens (including phenoxy) is 2. The maximum absolute atomic E-state index is 12.9. The first kappa shape index (κ1) is 23.3. The first-order valence-electron chi connectivity index (χ1n) is 11.7. The highest BCUT2D eigenvalue weighted by molar-refractivity contribution is 6.05. The molecule has 5 rings (SSSR count). The Morgan fingerprint density at radius 1 is 0.889 bits per heavy atom. The van der Waals surface area contributed by atoms with Crippen molar-refractivity contribution in [2.24, 2.45) is 0 Å². The summed E-state index contributed by atoms with van der Waals surface area (Å²) in [6.45, 7) is 0.0898. The molecule has 3 aromatic rings. The van der Waals surface area contributed by atoms with E-state index in [-0.39, 0.29) is 25.4 Å². The molecule has 1 fully saturated rings. The van der Waals surface area contributed by atoms with E-state index in [0.717, 1.165) is 27.8 Å². The predicted molar refractivity (Wildman–Crippen MR) is 130 cm³/mol. The molecule has 1 saturated heterocycles. The molecule has 2 aliphatic rings. The van der Waals surface area contributed by atoms with Gasteiger partial charge in [-0.15, -0.1) is 0 Å². The van der Waals surface area contributed by atoms with Crippen LogP contribution in [0, 0.1) is 0 Å².